The molecule has 24 heavy (non-hydrogen) atoms. The Kier molecular flexibility index (Phi) is 4.45. The molecule has 1 aliphatic rings. The summed E-state index contributed by atoms with van der Waals surface area (Å²) in [5.74, 6) is 1.27. The predicted octanol–water partition coefficient (Wildman–Crippen LogP) is 4.60. The zero-order valence-electron chi connectivity index (χ0n) is 13.3. The molecule has 3 aromatic rings. The van der Waals surface area contributed by atoms with Crippen molar-refractivity contribution >= 4 is 38.5 Å². The Morgan fingerprint density at radius 2 is 1.96 bits per heavy atom. The molecule has 5 heteroatoms. The molecule has 1 aliphatic heterocycles. The van der Waals surface area contributed by atoms with E-state index in [-0.39, 0.29) is 0 Å². The summed E-state index contributed by atoms with van der Waals surface area (Å²) in [5, 5.41) is 7.79. The fourth-order valence-corrected chi connectivity index (χ4v) is 3.60. The van der Waals surface area contributed by atoms with E-state index in [0.29, 0.717) is 11.9 Å². The monoisotopic (exact) mass is 382 g/mol. The number of nitrogens with one attached hydrogen (secondary N) is 2. The van der Waals surface area contributed by atoms with Crippen molar-refractivity contribution in [3.63, 3.8) is 0 Å². The van der Waals surface area contributed by atoms with Crippen molar-refractivity contribution in [1.82, 2.24) is 15.3 Å². The van der Waals surface area contributed by atoms with Gasteiger partial charge in [0.2, 0.25) is 5.95 Å². The van der Waals surface area contributed by atoms with Gasteiger partial charge in [-0.2, -0.15) is 0 Å². The third-order valence-corrected chi connectivity index (χ3v) is 4.99. The van der Waals surface area contributed by atoms with E-state index in [0.717, 1.165) is 34.2 Å². The summed E-state index contributed by atoms with van der Waals surface area (Å²) in [7, 11) is 0. The number of hydrogen-bond donors (Lipinski definition) is 2. The van der Waals surface area contributed by atoms with E-state index in [9.17, 15) is 0 Å². The first-order valence-electron chi connectivity index (χ1n) is 8.28. The lowest BCUT2D eigenvalue weighted by molar-refractivity contribution is 0.460. The molecule has 122 valence electrons. The molecule has 1 aromatic heterocycles. The molecule has 0 spiro atoms. The smallest absolute Gasteiger partial charge is 0.227 e. The Morgan fingerprint density at radius 3 is 2.83 bits per heavy atom. The maximum Gasteiger partial charge on any atom is 0.227 e. The Hall–Kier alpha value is -1.98. The predicted molar refractivity (Wildman–Crippen MR) is 102 cm³/mol. The first-order chi connectivity index (χ1) is 11.8. The van der Waals surface area contributed by atoms with E-state index < -0.39 is 0 Å². The largest absolute Gasteiger partial charge is 0.324 e. The van der Waals surface area contributed by atoms with Crippen molar-refractivity contribution in [3.05, 3.63) is 58.7 Å². The van der Waals surface area contributed by atoms with Gasteiger partial charge in [-0.15, -0.1) is 0 Å². The molecule has 1 fully saturated rings. The van der Waals surface area contributed by atoms with Crippen molar-refractivity contribution in [2.24, 2.45) is 0 Å². The summed E-state index contributed by atoms with van der Waals surface area (Å²) in [6, 6.07) is 14.6. The summed E-state index contributed by atoms with van der Waals surface area (Å²) in [4.78, 5) is 9.03. The van der Waals surface area contributed by atoms with Gasteiger partial charge in [-0.3, -0.25) is 0 Å². The van der Waals surface area contributed by atoms with Gasteiger partial charge in [0.15, 0.2) is 0 Å². The van der Waals surface area contributed by atoms with Crippen LogP contribution in [0.4, 0.5) is 11.6 Å². The van der Waals surface area contributed by atoms with Gasteiger partial charge in [0, 0.05) is 21.7 Å². The molecule has 4 nitrogen and oxygen atoms in total. The van der Waals surface area contributed by atoms with Crippen molar-refractivity contribution < 1.29 is 0 Å². The topological polar surface area (TPSA) is 49.8 Å². The number of rotatable bonds is 3. The summed E-state index contributed by atoms with van der Waals surface area (Å²) < 4.78 is 1.04. The van der Waals surface area contributed by atoms with Crippen LogP contribution in [0.25, 0.3) is 10.9 Å². The number of aromatic nitrogens is 2. The minimum Gasteiger partial charge on any atom is -0.324 e. The zero-order chi connectivity index (χ0) is 16.4. The third-order valence-electron chi connectivity index (χ3n) is 4.50. The molecule has 2 heterocycles. The minimum absolute atomic E-state index is 0.632. The van der Waals surface area contributed by atoms with E-state index in [2.05, 4.69) is 60.8 Å². The Balaban J connectivity index is 1.57. The van der Waals surface area contributed by atoms with E-state index in [1.54, 1.807) is 0 Å². The molecule has 2 aromatic carbocycles. The highest BCUT2D eigenvalue weighted by Crippen LogP contribution is 2.28. The highest BCUT2D eigenvalue weighted by atomic mass is 79.9. The van der Waals surface area contributed by atoms with Crippen molar-refractivity contribution in [2.75, 3.05) is 18.4 Å². The van der Waals surface area contributed by atoms with Gasteiger partial charge >= 0.3 is 0 Å². The Morgan fingerprint density at radius 1 is 1.08 bits per heavy atom. The molecular weight excluding hydrogens is 364 g/mol. The van der Waals surface area contributed by atoms with E-state index in [1.165, 1.54) is 18.4 Å². The molecule has 4 rings (SSSR count). The second-order valence-electron chi connectivity index (χ2n) is 6.17. The van der Waals surface area contributed by atoms with Crippen LogP contribution in [-0.2, 0) is 0 Å². The van der Waals surface area contributed by atoms with Gasteiger partial charge in [-0.1, -0.05) is 28.1 Å². The van der Waals surface area contributed by atoms with Gasteiger partial charge in [-0.05, 0) is 67.7 Å². The van der Waals surface area contributed by atoms with Crippen LogP contribution in [0.1, 0.15) is 24.3 Å². The third kappa shape index (κ3) is 3.42. The van der Waals surface area contributed by atoms with Crippen LogP contribution in [-0.4, -0.2) is 23.1 Å². The molecule has 0 radical (unpaired) electrons. The van der Waals surface area contributed by atoms with Gasteiger partial charge < -0.3 is 10.6 Å². The second-order valence-corrected chi connectivity index (χ2v) is 7.09. The molecule has 2 N–H and O–H groups in total. The molecule has 0 saturated carbocycles. The summed E-state index contributed by atoms with van der Waals surface area (Å²) in [6.45, 7) is 2.21. The van der Waals surface area contributed by atoms with Crippen LogP contribution in [0.3, 0.4) is 0 Å². The molecule has 0 atom stereocenters. The maximum absolute atomic E-state index is 4.60. The number of anilines is 2. The number of fused-ring (bicyclic) bond motifs is 1. The van der Waals surface area contributed by atoms with Gasteiger partial charge in [0.25, 0.3) is 0 Å². The number of nitrogens with zero attached hydrogens (tertiary/aromatic N) is 2. The Labute approximate surface area is 149 Å². The second kappa shape index (κ2) is 6.87. The van der Waals surface area contributed by atoms with Gasteiger partial charge in [-0.25, -0.2) is 9.97 Å². The van der Waals surface area contributed by atoms with Gasteiger partial charge in [0.1, 0.15) is 0 Å². The van der Waals surface area contributed by atoms with E-state index in [4.69, 9.17) is 0 Å². The average molecular weight is 383 g/mol. The van der Waals surface area contributed by atoms with Crippen LogP contribution in [0.5, 0.6) is 0 Å². The highest BCUT2D eigenvalue weighted by Gasteiger charge is 2.15. The summed E-state index contributed by atoms with van der Waals surface area (Å²) in [6.07, 6.45) is 4.25. The summed E-state index contributed by atoms with van der Waals surface area (Å²) >= 11 is 3.47. The van der Waals surface area contributed by atoms with E-state index >= 15 is 0 Å². The van der Waals surface area contributed by atoms with Crippen LogP contribution in [0.15, 0.2) is 53.1 Å². The van der Waals surface area contributed by atoms with Crippen molar-refractivity contribution in [1.29, 1.82) is 0 Å². The lowest BCUT2D eigenvalue weighted by atomic mass is 9.90. The lowest BCUT2D eigenvalue weighted by Crippen LogP contribution is -2.26. The summed E-state index contributed by atoms with van der Waals surface area (Å²) in [5.41, 5.74) is 3.37. The number of benzene rings is 2. The van der Waals surface area contributed by atoms with Gasteiger partial charge in [0.05, 0.1) is 5.52 Å². The molecule has 0 unspecified atom stereocenters. The lowest BCUT2D eigenvalue weighted by Gasteiger charge is -2.23. The maximum atomic E-state index is 4.60. The van der Waals surface area contributed by atoms with Crippen molar-refractivity contribution in [2.45, 2.75) is 18.8 Å². The number of piperidine rings is 1. The molecule has 0 amide bonds. The number of hydrogen-bond acceptors (Lipinski definition) is 4. The standard InChI is InChI=1S/C19H19BrN4/c20-16-4-5-18-15(10-16)12-22-19(24-18)23-17-3-1-2-14(11-17)13-6-8-21-9-7-13/h1-5,10-13,21H,6-9H2,(H,22,23,24). The molecule has 1 saturated heterocycles. The minimum atomic E-state index is 0.632. The normalized spacial score (nSPS) is 15.5. The quantitative estimate of drug-likeness (QED) is 0.694. The first kappa shape index (κ1) is 15.5. The zero-order valence-corrected chi connectivity index (χ0v) is 14.9. The average Bonchev–Trinajstić information content (AvgIpc) is 2.63. The van der Waals surface area contributed by atoms with Crippen LogP contribution in [0.2, 0.25) is 0 Å². The fraction of sp³-hybridized carbons (Fsp3) is 0.263. The van der Waals surface area contributed by atoms with Crippen LogP contribution < -0.4 is 10.6 Å². The fourth-order valence-electron chi connectivity index (χ4n) is 3.22. The van der Waals surface area contributed by atoms with E-state index in [1.807, 2.05) is 24.4 Å². The molecule has 0 bridgehead atoms. The number of halogens is 1. The highest BCUT2D eigenvalue weighted by molar-refractivity contribution is 9.10. The SMILES string of the molecule is Brc1ccc2nc(Nc3cccc(C4CCNCC4)c3)ncc2c1. The molecule has 0 aliphatic carbocycles. The Bertz CT molecular complexity index is 859. The van der Waals surface area contributed by atoms with Crippen LogP contribution >= 0.6 is 15.9 Å². The van der Waals surface area contributed by atoms with Crippen molar-refractivity contribution in [3.8, 4) is 0 Å². The first-order valence-corrected chi connectivity index (χ1v) is 9.07. The van der Waals surface area contributed by atoms with Crippen LogP contribution in [0, 0.1) is 0 Å². The molecular formula is C19H19BrN4.